The Hall–Kier alpha value is -2.19. The van der Waals surface area contributed by atoms with Gasteiger partial charge in [-0.1, -0.05) is 11.6 Å². The van der Waals surface area contributed by atoms with Gasteiger partial charge in [-0.15, -0.1) is 0 Å². The average Bonchev–Trinajstić information content (AvgIpc) is 2.84. The van der Waals surface area contributed by atoms with Crippen LogP contribution in [0.15, 0.2) is 17.0 Å². The molecule has 0 unspecified atom stereocenters. The molecule has 1 aromatic carbocycles. The molecule has 25 heavy (non-hydrogen) atoms. The van der Waals surface area contributed by atoms with Crippen molar-refractivity contribution < 1.29 is 28.6 Å². The highest BCUT2D eigenvalue weighted by Gasteiger charge is 2.36. The van der Waals surface area contributed by atoms with E-state index in [0.29, 0.717) is 22.1 Å². The smallest absolute Gasteiger partial charge is 0.326 e. The van der Waals surface area contributed by atoms with E-state index < -0.39 is 23.7 Å². The van der Waals surface area contributed by atoms with E-state index in [0.717, 1.165) is 16.7 Å². The lowest BCUT2D eigenvalue weighted by molar-refractivity contribution is -0.145. The normalized spacial score (nSPS) is 15.7. The van der Waals surface area contributed by atoms with Gasteiger partial charge in [-0.2, -0.15) is 0 Å². The zero-order chi connectivity index (χ0) is 18.6. The Morgan fingerprint density at radius 3 is 2.48 bits per heavy atom. The molecule has 0 aliphatic carbocycles. The number of carbonyl (C=O) groups is 3. The van der Waals surface area contributed by atoms with Gasteiger partial charge in [0, 0.05) is 6.07 Å². The van der Waals surface area contributed by atoms with Gasteiger partial charge in [-0.05, 0) is 36.4 Å². The number of hydrogen-bond acceptors (Lipinski definition) is 7. The number of carbonyl (C=O) groups excluding carboxylic acids is 3. The first-order chi connectivity index (χ1) is 11.9. The van der Waals surface area contributed by atoms with Gasteiger partial charge in [0.05, 0.1) is 30.8 Å². The second-order valence-electron chi connectivity index (χ2n) is 4.80. The van der Waals surface area contributed by atoms with Crippen LogP contribution in [-0.2, 0) is 14.3 Å². The standard InChI is InChI=1S/C16H16ClNO6S/c1-4-24-14(19)8-18-15(20)13(25-16(18)21)6-9-5-11(22-2)12(23-3)7-10(9)17/h5-7H,4,8H2,1-3H3/b13-6-. The van der Waals surface area contributed by atoms with E-state index in [2.05, 4.69) is 0 Å². The highest BCUT2D eigenvalue weighted by molar-refractivity contribution is 8.18. The lowest BCUT2D eigenvalue weighted by Crippen LogP contribution is -2.34. The van der Waals surface area contributed by atoms with Crippen LogP contribution in [0.2, 0.25) is 5.02 Å². The Morgan fingerprint density at radius 2 is 1.88 bits per heavy atom. The van der Waals surface area contributed by atoms with Crippen molar-refractivity contribution in [3.05, 3.63) is 27.6 Å². The van der Waals surface area contributed by atoms with Gasteiger partial charge in [0.2, 0.25) is 0 Å². The van der Waals surface area contributed by atoms with Crippen molar-refractivity contribution in [1.82, 2.24) is 4.90 Å². The summed E-state index contributed by atoms with van der Waals surface area (Å²) in [5, 5.41) is -0.212. The molecular formula is C16H16ClNO6S. The summed E-state index contributed by atoms with van der Waals surface area (Å²) in [6, 6.07) is 3.15. The zero-order valence-corrected chi connectivity index (χ0v) is 15.4. The maximum atomic E-state index is 12.4. The summed E-state index contributed by atoms with van der Waals surface area (Å²) in [4.78, 5) is 36.8. The van der Waals surface area contributed by atoms with E-state index in [1.165, 1.54) is 20.3 Å². The Balaban J connectivity index is 2.29. The summed E-state index contributed by atoms with van der Waals surface area (Å²) in [7, 11) is 2.96. The quantitative estimate of drug-likeness (QED) is 0.550. The molecule has 0 atom stereocenters. The fourth-order valence-electron chi connectivity index (χ4n) is 2.09. The zero-order valence-electron chi connectivity index (χ0n) is 13.8. The molecule has 0 saturated carbocycles. The number of methoxy groups -OCH3 is 2. The van der Waals surface area contributed by atoms with Crippen LogP contribution in [0.25, 0.3) is 6.08 Å². The third kappa shape index (κ3) is 4.26. The van der Waals surface area contributed by atoms with Crippen LogP contribution in [0.4, 0.5) is 4.79 Å². The Labute approximate surface area is 153 Å². The summed E-state index contributed by atoms with van der Waals surface area (Å²) >= 11 is 6.92. The number of imide groups is 1. The van der Waals surface area contributed by atoms with Crippen molar-refractivity contribution in [2.75, 3.05) is 27.4 Å². The molecule has 1 aliphatic rings. The van der Waals surface area contributed by atoms with Crippen molar-refractivity contribution in [3.63, 3.8) is 0 Å². The van der Waals surface area contributed by atoms with Gasteiger partial charge in [-0.3, -0.25) is 19.3 Å². The Bertz CT molecular complexity index is 748. The van der Waals surface area contributed by atoms with Crippen LogP contribution in [0, 0.1) is 0 Å². The lowest BCUT2D eigenvalue weighted by atomic mass is 10.1. The first-order valence-electron chi connectivity index (χ1n) is 7.23. The van der Waals surface area contributed by atoms with Gasteiger partial charge < -0.3 is 14.2 Å². The molecule has 1 saturated heterocycles. The predicted molar refractivity (Wildman–Crippen MR) is 93.9 cm³/mol. The minimum atomic E-state index is -0.643. The minimum Gasteiger partial charge on any atom is -0.493 e. The first kappa shape index (κ1) is 19.1. The number of benzene rings is 1. The van der Waals surface area contributed by atoms with E-state index in [1.807, 2.05) is 0 Å². The molecule has 1 heterocycles. The van der Waals surface area contributed by atoms with Gasteiger partial charge in [0.25, 0.3) is 11.1 Å². The molecule has 134 valence electrons. The topological polar surface area (TPSA) is 82.1 Å². The predicted octanol–water partition coefficient (Wildman–Crippen LogP) is 2.96. The molecular weight excluding hydrogens is 370 g/mol. The van der Waals surface area contributed by atoms with Crippen molar-refractivity contribution in [3.8, 4) is 11.5 Å². The van der Waals surface area contributed by atoms with E-state index in [4.69, 9.17) is 25.8 Å². The maximum Gasteiger partial charge on any atom is 0.326 e. The van der Waals surface area contributed by atoms with Crippen LogP contribution in [0.3, 0.4) is 0 Å². The van der Waals surface area contributed by atoms with Gasteiger partial charge in [-0.25, -0.2) is 0 Å². The molecule has 2 rings (SSSR count). The van der Waals surface area contributed by atoms with Crippen LogP contribution in [0.1, 0.15) is 12.5 Å². The third-order valence-electron chi connectivity index (χ3n) is 3.26. The SMILES string of the molecule is CCOC(=O)CN1C(=O)S/C(=C\c2cc(OC)c(OC)cc2Cl)C1=O. The molecule has 0 radical (unpaired) electrons. The molecule has 0 aromatic heterocycles. The number of nitrogens with zero attached hydrogens (tertiary/aromatic N) is 1. The van der Waals surface area contributed by atoms with E-state index in [1.54, 1.807) is 19.1 Å². The van der Waals surface area contributed by atoms with Gasteiger partial charge >= 0.3 is 5.97 Å². The second kappa shape index (κ2) is 8.26. The molecule has 7 nitrogen and oxygen atoms in total. The largest absolute Gasteiger partial charge is 0.493 e. The Kier molecular flexibility index (Phi) is 6.33. The number of rotatable bonds is 6. The third-order valence-corrected chi connectivity index (χ3v) is 4.49. The average molecular weight is 386 g/mol. The summed E-state index contributed by atoms with van der Waals surface area (Å²) in [5.41, 5.74) is 0.487. The molecule has 1 fully saturated rings. The van der Waals surface area contributed by atoms with Crippen molar-refractivity contribution in [1.29, 1.82) is 0 Å². The molecule has 2 amide bonds. The molecule has 1 aromatic rings. The Morgan fingerprint density at radius 1 is 1.24 bits per heavy atom. The van der Waals surface area contributed by atoms with E-state index in [-0.39, 0.29) is 11.5 Å². The number of halogens is 1. The van der Waals surface area contributed by atoms with Gasteiger partial charge in [0.1, 0.15) is 6.54 Å². The molecule has 9 heteroatoms. The van der Waals surface area contributed by atoms with Crippen LogP contribution in [-0.4, -0.2) is 49.4 Å². The lowest BCUT2D eigenvalue weighted by Gasteiger charge is -2.11. The molecule has 0 bridgehead atoms. The second-order valence-corrected chi connectivity index (χ2v) is 6.20. The van der Waals surface area contributed by atoms with Crippen molar-refractivity contribution >= 4 is 46.6 Å². The number of esters is 1. The summed E-state index contributed by atoms with van der Waals surface area (Å²) in [6.45, 7) is 1.40. The molecule has 0 N–H and O–H groups in total. The minimum absolute atomic E-state index is 0.156. The van der Waals surface area contributed by atoms with Crippen LogP contribution >= 0.6 is 23.4 Å². The van der Waals surface area contributed by atoms with Crippen molar-refractivity contribution in [2.45, 2.75) is 6.92 Å². The molecule has 0 spiro atoms. The fraction of sp³-hybridized carbons (Fsp3) is 0.312. The van der Waals surface area contributed by atoms with Crippen LogP contribution < -0.4 is 9.47 Å². The summed E-state index contributed by atoms with van der Waals surface area (Å²) in [5.74, 6) is -0.340. The van der Waals surface area contributed by atoms with Crippen LogP contribution in [0.5, 0.6) is 11.5 Å². The maximum absolute atomic E-state index is 12.4. The number of amides is 2. The van der Waals surface area contributed by atoms with E-state index >= 15 is 0 Å². The number of hydrogen-bond donors (Lipinski definition) is 0. The van der Waals surface area contributed by atoms with Gasteiger partial charge in [0.15, 0.2) is 11.5 Å². The summed E-state index contributed by atoms with van der Waals surface area (Å²) < 4.78 is 15.1. The van der Waals surface area contributed by atoms with Crippen molar-refractivity contribution in [2.24, 2.45) is 0 Å². The first-order valence-corrected chi connectivity index (χ1v) is 8.43. The number of thioether (sulfide) groups is 1. The highest BCUT2D eigenvalue weighted by Crippen LogP contribution is 2.37. The fourth-order valence-corrected chi connectivity index (χ4v) is 3.13. The monoisotopic (exact) mass is 385 g/mol. The summed E-state index contributed by atoms with van der Waals surface area (Å²) in [6.07, 6.45) is 1.47. The number of ether oxygens (including phenoxy) is 3. The molecule has 1 aliphatic heterocycles. The highest BCUT2D eigenvalue weighted by atomic mass is 35.5. The van der Waals surface area contributed by atoms with E-state index in [9.17, 15) is 14.4 Å².